The van der Waals surface area contributed by atoms with Gasteiger partial charge in [-0.2, -0.15) is 0 Å². The molecule has 0 aliphatic rings. The molecule has 0 saturated heterocycles. The quantitative estimate of drug-likeness (QED) is 0.244. The zero-order chi connectivity index (χ0) is 22.7. The molecule has 1 heterocycles. The van der Waals surface area contributed by atoms with Crippen LogP contribution in [-0.2, 0) is 9.47 Å². The van der Waals surface area contributed by atoms with Crippen LogP contribution in [0.2, 0.25) is 0 Å². The highest BCUT2D eigenvalue weighted by Gasteiger charge is 2.03. The number of rotatable bonds is 19. The first kappa shape index (κ1) is 26.1. The van der Waals surface area contributed by atoms with Gasteiger partial charge in [0, 0.05) is 32.0 Å². The molecule has 6 heteroatoms. The number of aromatic nitrogens is 2. The molecule has 0 saturated carbocycles. The van der Waals surface area contributed by atoms with E-state index in [-0.39, 0.29) is 0 Å². The van der Waals surface area contributed by atoms with E-state index in [0.29, 0.717) is 18.2 Å². The summed E-state index contributed by atoms with van der Waals surface area (Å²) in [5, 5.41) is 0. The van der Waals surface area contributed by atoms with E-state index in [2.05, 4.69) is 23.8 Å². The highest BCUT2D eigenvalue weighted by atomic mass is 16.5. The molecule has 0 fully saturated rings. The van der Waals surface area contributed by atoms with E-state index in [9.17, 15) is 0 Å². The SMILES string of the molecule is CCCOCCCCCCOc1ccc(-c2ncc(OCCCCOCCC)cn2)cc1. The Morgan fingerprint density at radius 3 is 1.66 bits per heavy atom. The first-order valence-corrected chi connectivity index (χ1v) is 12.2. The molecular formula is C26H40N2O4. The molecule has 6 nitrogen and oxygen atoms in total. The van der Waals surface area contributed by atoms with Crippen LogP contribution in [0.5, 0.6) is 11.5 Å². The van der Waals surface area contributed by atoms with E-state index in [1.165, 1.54) is 12.8 Å². The molecule has 0 bridgehead atoms. The fraction of sp³-hybridized carbons (Fsp3) is 0.615. The second-order valence-electron chi connectivity index (χ2n) is 7.81. The summed E-state index contributed by atoms with van der Waals surface area (Å²) in [7, 11) is 0. The third-order valence-electron chi connectivity index (χ3n) is 4.84. The molecule has 0 amide bonds. The topological polar surface area (TPSA) is 62.7 Å². The van der Waals surface area contributed by atoms with Crippen LogP contribution >= 0.6 is 0 Å². The normalized spacial score (nSPS) is 10.9. The molecule has 2 rings (SSSR count). The number of hydrogen-bond donors (Lipinski definition) is 0. The Kier molecular flexibility index (Phi) is 14.2. The standard InChI is InChI=1S/C26H40N2O4/c1-3-15-29-17-7-5-6-8-19-31-24-13-11-23(12-14-24)26-27-21-25(22-28-26)32-20-10-9-18-30-16-4-2/h11-14,21-22H,3-10,15-20H2,1-2H3. The van der Waals surface area contributed by atoms with Gasteiger partial charge in [-0.15, -0.1) is 0 Å². The lowest BCUT2D eigenvalue weighted by Gasteiger charge is -2.08. The van der Waals surface area contributed by atoms with Crippen LogP contribution < -0.4 is 9.47 Å². The van der Waals surface area contributed by atoms with Gasteiger partial charge in [-0.1, -0.05) is 20.3 Å². The fourth-order valence-corrected chi connectivity index (χ4v) is 3.08. The van der Waals surface area contributed by atoms with Gasteiger partial charge in [-0.05, 0) is 69.2 Å². The molecule has 178 valence electrons. The van der Waals surface area contributed by atoms with Gasteiger partial charge in [0.25, 0.3) is 0 Å². The van der Waals surface area contributed by atoms with E-state index in [1.807, 2.05) is 24.3 Å². The van der Waals surface area contributed by atoms with Crippen molar-refractivity contribution >= 4 is 0 Å². The summed E-state index contributed by atoms with van der Waals surface area (Å²) in [6, 6.07) is 7.93. The van der Waals surface area contributed by atoms with Gasteiger partial charge < -0.3 is 18.9 Å². The minimum atomic E-state index is 0.650. The van der Waals surface area contributed by atoms with Crippen molar-refractivity contribution in [2.24, 2.45) is 0 Å². The summed E-state index contributed by atoms with van der Waals surface area (Å²) >= 11 is 0. The number of ether oxygens (including phenoxy) is 4. The number of unbranched alkanes of at least 4 members (excludes halogenated alkanes) is 4. The predicted octanol–water partition coefficient (Wildman–Crippen LogP) is 6.10. The predicted molar refractivity (Wildman–Crippen MR) is 128 cm³/mol. The van der Waals surface area contributed by atoms with Crippen molar-refractivity contribution in [1.29, 1.82) is 0 Å². The Balaban J connectivity index is 1.60. The van der Waals surface area contributed by atoms with Crippen LogP contribution in [0.1, 0.15) is 65.2 Å². The van der Waals surface area contributed by atoms with Crippen LogP contribution in [0.4, 0.5) is 0 Å². The minimum Gasteiger partial charge on any atom is -0.494 e. The Hall–Kier alpha value is -2.18. The van der Waals surface area contributed by atoms with E-state index in [1.54, 1.807) is 12.4 Å². The molecule has 0 N–H and O–H groups in total. The van der Waals surface area contributed by atoms with Gasteiger partial charge in [0.05, 0.1) is 25.6 Å². The lowest BCUT2D eigenvalue weighted by molar-refractivity contribution is 0.127. The van der Waals surface area contributed by atoms with Gasteiger partial charge in [0.15, 0.2) is 11.6 Å². The first-order valence-electron chi connectivity index (χ1n) is 12.2. The summed E-state index contributed by atoms with van der Waals surface area (Å²) in [4.78, 5) is 8.86. The van der Waals surface area contributed by atoms with Crippen molar-refractivity contribution < 1.29 is 18.9 Å². The van der Waals surface area contributed by atoms with Gasteiger partial charge >= 0.3 is 0 Å². The maximum atomic E-state index is 5.85. The third kappa shape index (κ3) is 11.4. The summed E-state index contributed by atoms with van der Waals surface area (Å²) < 4.78 is 22.5. The lowest BCUT2D eigenvalue weighted by Crippen LogP contribution is -2.02. The fourth-order valence-electron chi connectivity index (χ4n) is 3.08. The van der Waals surface area contributed by atoms with E-state index in [4.69, 9.17) is 18.9 Å². The van der Waals surface area contributed by atoms with Gasteiger partial charge in [0.1, 0.15) is 5.75 Å². The third-order valence-corrected chi connectivity index (χ3v) is 4.84. The lowest BCUT2D eigenvalue weighted by atomic mass is 10.2. The molecule has 0 aliphatic carbocycles. The van der Waals surface area contributed by atoms with Crippen molar-refractivity contribution in [2.45, 2.75) is 65.2 Å². The molecule has 0 aliphatic heterocycles. The van der Waals surface area contributed by atoms with Crippen molar-refractivity contribution in [3.05, 3.63) is 36.7 Å². The molecule has 2 aromatic rings. The molecule has 0 unspecified atom stereocenters. The molecule has 32 heavy (non-hydrogen) atoms. The van der Waals surface area contributed by atoms with Crippen molar-refractivity contribution in [3.8, 4) is 22.9 Å². The first-order chi connectivity index (χ1) is 15.8. The zero-order valence-corrected chi connectivity index (χ0v) is 19.9. The van der Waals surface area contributed by atoms with Crippen molar-refractivity contribution in [1.82, 2.24) is 9.97 Å². The zero-order valence-electron chi connectivity index (χ0n) is 19.9. The highest BCUT2D eigenvalue weighted by Crippen LogP contribution is 2.20. The van der Waals surface area contributed by atoms with Crippen LogP contribution in [0.25, 0.3) is 11.4 Å². The van der Waals surface area contributed by atoms with Gasteiger partial charge in [-0.3, -0.25) is 0 Å². The van der Waals surface area contributed by atoms with Gasteiger partial charge in [0.2, 0.25) is 0 Å². The average molecular weight is 445 g/mol. The molecule has 1 aromatic heterocycles. The maximum Gasteiger partial charge on any atom is 0.159 e. The number of hydrogen-bond acceptors (Lipinski definition) is 6. The highest BCUT2D eigenvalue weighted by molar-refractivity contribution is 5.56. The average Bonchev–Trinajstić information content (AvgIpc) is 2.83. The van der Waals surface area contributed by atoms with Crippen LogP contribution in [0.15, 0.2) is 36.7 Å². The number of benzene rings is 1. The largest absolute Gasteiger partial charge is 0.494 e. The van der Waals surface area contributed by atoms with Crippen LogP contribution in [0, 0.1) is 0 Å². The second-order valence-corrected chi connectivity index (χ2v) is 7.81. The van der Waals surface area contributed by atoms with E-state index in [0.717, 1.165) is 82.9 Å². The van der Waals surface area contributed by atoms with Crippen LogP contribution in [-0.4, -0.2) is 49.6 Å². The molecule has 0 spiro atoms. The summed E-state index contributed by atoms with van der Waals surface area (Å²) in [6.45, 7) is 9.01. The molecule has 1 aromatic carbocycles. The minimum absolute atomic E-state index is 0.650. The number of nitrogens with zero attached hydrogens (tertiary/aromatic N) is 2. The molecule has 0 radical (unpaired) electrons. The summed E-state index contributed by atoms with van der Waals surface area (Å²) in [6.07, 6.45) is 12.1. The van der Waals surface area contributed by atoms with Crippen LogP contribution in [0.3, 0.4) is 0 Å². The molecule has 0 atom stereocenters. The summed E-state index contributed by atoms with van der Waals surface area (Å²) in [5.74, 6) is 2.25. The van der Waals surface area contributed by atoms with Crippen molar-refractivity contribution in [3.63, 3.8) is 0 Å². The monoisotopic (exact) mass is 444 g/mol. The summed E-state index contributed by atoms with van der Waals surface area (Å²) in [5.41, 5.74) is 0.962. The van der Waals surface area contributed by atoms with E-state index < -0.39 is 0 Å². The second kappa shape index (κ2) is 17.4. The Morgan fingerprint density at radius 1 is 0.562 bits per heavy atom. The van der Waals surface area contributed by atoms with Gasteiger partial charge in [-0.25, -0.2) is 9.97 Å². The Labute approximate surface area is 193 Å². The molecular weight excluding hydrogens is 404 g/mol. The Bertz CT molecular complexity index is 692. The maximum absolute atomic E-state index is 5.85. The van der Waals surface area contributed by atoms with E-state index >= 15 is 0 Å². The Morgan fingerprint density at radius 2 is 1.06 bits per heavy atom. The van der Waals surface area contributed by atoms with Crippen molar-refractivity contribution in [2.75, 3.05) is 39.6 Å². The smallest absolute Gasteiger partial charge is 0.159 e.